The van der Waals surface area contributed by atoms with Crippen LogP contribution >= 0.6 is 12.2 Å². The van der Waals surface area contributed by atoms with Crippen LogP contribution in [-0.4, -0.2) is 4.98 Å². The lowest BCUT2D eigenvalue weighted by atomic mass is 9.86. The summed E-state index contributed by atoms with van der Waals surface area (Å²) in [5.41, 5.74) is 2.60. The van der Waals surface area contributed by atoms with Crippen LogP contribution < -0.4 is 0 Å². The van der Waals surface area contributed by atoms with E-state index in [4.69, 9.17) is 12.2 Å². The van der Waals surface area contributed by atoms with E-state index in [0.717, 1.165) is 15.4 Å². The first-order valence-electron chi connectivity index (χ1n) is 5.10. The first-order valence-corrected chi connectivity index (χ1v) is 5.51. The molecule has 2 rings (SSSR count). The fourth-order valence-electron chi connectivity index (χ4n) is 1.64. The second-order valence-corrected chi connectivity index (χ2v) is 5.29. The molecule has 2 heteroatoms. The highest BCUT2D eigenvalue weighted by atomic mass is 32.1. The summed E-state index contributed by atoms with van der Waals surface area (Å²) in [7, 11) is 0. The molecule has 0 bridgehead atoms. The lowest BCUT2D eigenvalue weighted by molar-refractivity contribution is 0.591. The molecular formula is C13H15NS. The summed E-state index contributed by atoms with van der Waals surface area (Å²) in [6, 6.07) is 8.39. The molecule has 0 spiro atoms. The maximum absolute atomic E-state index is 5.32. The van der Waals surface area contributed by atoms with E-state index >= 15 is 0 Å². The third-order valence-electron chi connectivity index (χ3n) is 2.62. The van der Waals surface area contributed by atoms with Crippen LogP contribution in [0, 0.1) is 4.51 Å². The molecule has 1 heterocycles. The van der Waals surface area contributed by atoms with Crippen molar-refractivity contribution >= 4 is 23.1 Å². The van der Waals surface area contributed by atoms with Crippen LogP contribution in [0.1, 0.15) is 26.3 Å². The minimum atomic E-state index is 0.172. The Morgan fingerprint density at radius 1 is 1.13 bits per heavy atom. The van der Waals surface area contributed by atoms with E-state index < -0.39 is 0 Å². The molecule has 15 heavy (non-hydrogen) atoms. The van der Waals surface area contributed by atoms with Gasteiger partial charge in [0.15, 0.2) is 0 Å². The summed E-state index contributed by atoms with van der Waals surface area (Å²) < 4.78 is 0.912. The van der Waals surface area contributed by atoms with Crippen molar-refractivity contribution < 1.29 is 0 Å². The second kappa shape index (κ2) is 3.46. The molecule has 1 aromatic heterocycles. The topological polar surface area (TPSA) is 15.8 Å². The number of benzene rings is 1. The van der Waals surface area contributed by atoms with Crippen molar-refractivity contribution in [2.24, 2.45) is 0 Å². The van der Waals surface area contributed by atoms with Gasteiger partial charge in [0.25, 0.3) is 0 Å². The van der Waals surface area contributed by atoms with Crippen molar-refractivity contribution in [2.75, 3.05) is 0 Å². The van der Waals surface area contributed by atoms with Gasteiger partial charge in [-0.2, -0.15) is 0 Å². The third-order valence-corrected chi connectivity index (χ3v) is 2.98. The Kier molecular flexibility index (Phi) is 2.39. The van der Waals surface area contributed by atoms with Gasteiger partial charge in [-0.1, -0.05) is 39.1 Å². The van der Waals surface area contributed by atoms with E-state index in [1.807, 2.05) is 12.3 Å². The van der Waals surface area contributed by atoms with Crippen molar-refractivity contribution in [2.45, 2.75) is 26.2 Å². The highest BCUT2D eigenvalue weighted by Crippen LogP contribution is 2.25. The van der Waals surface area contributed by atoms with Gasteiger partial charge in [0, 0.05) is 21.6 Å². The Balaban J connectivity index is 2.76. The Bertz CT molecular complexity index is 546. The number of aromatic nitrogens is 1. The summed E-state index contributed by atoms with van der Waals surface area (Å²) in [6.07, 6.45) is 1.89. The van der Waals surface area contributed by atoms with E-state index in [1.165, 1.54) is 5.56 Å². The summed E-state index contributed by atoms with van der Waals surface area (Å²) in [5.74, 6) is 0. The number of nitrogens with one attached hydrogen (secondary N) is 1. The zero-order valence-corrected chi connectivity index (χ0v) is 10.1. The molecule has 0 aliphatic carbocycles. The summed E-state index contributed by atoms with van der Waals surface area (Å²) >= 11 is 5.32. The van der Waals surface area contributed by atoms with E-state index in [2.05, 4.69) is 44.0 Å². The smallest absolute Gasteiger partial charge is 0.0484 e. The number of H-pyrrole nitrogens is 1. The van der Waals surface area contributed by atoms with Crippen molar-refractivity contribution in [3.05, 3.63) is 40.5 Å². The quantitative estimate of drug-likeness (QED) is 0.654. The maximum Gasteiger partial charge on any atom is 0.0484 e. The van der Waals surface area contributed by atoms with Gasteiger partial charge in [-0.05, 0) is 29.2 Å². The minimum Gasteiger partial charge on any atom is -0.361 e. The molecule has 78 valence electrons. The minimum absolute atomic E-state index is 0.172. The Morgan fingerprint density at radius 2 is 1.87 bits per heavy atom. The molecule has 1 aromatic carbocycles. The molecule has 0 amide bonds. The number of fused-ring (bicyclic) bond motifs is 1. The Labute approximate surface area is 95.2 Å². The standard InChI is InChI=1S/C13H15NS/c1-13(2,3)9-4-5-11-10(8-9)12(15)6-7-14-11/h4-8H,1-3H3,(H,14,15). The molecule has 1 N–H and O–H groups in total. The van der Waals surface area contributed by atoms with Crippen molar-refractivity contribution in [1.29, 1.82) is 0 Å². The van der Waals surface area contributed by atoms with Gasteiger partial charge in [-0.15, -0.1) is 0 Å². The number of rotatable bonds is 0. The molecule has 2 aromatic rings. The second-order valence-electron chi connectivity index (χ2n) is 4.85. The summed E-state index contributed by atoms with van der Waals surface area (Å²) in [4.78, 5) is 3.20. The lowest BCUT2D eigenvalue weighted by Crippen LogP contribution is -2.10. The zero-order chi connectivity index (χ0) is 11.1. The molecule has 0 saturated carbocycles. The highest BCUT2D eigenvalue weighted by Gasteiger charge is 2.13. The van der Waals surface area contributed by atoms with Crippen LogP contribution in [0.5, 0.6) is 0 Å². The largest absolute Gasteiger partial charge is 0.361 e. The average Bonchev–Trinajstić information content (AvgIpc) is 2.16. The molecule has 1 nitrogen and oxygen atoms in total. The van der Waals surface area contributed by atoms with Gasteiger partial charge in [0.2, 0.25) is 0 Å². The summed E-state index contributed by atoms with van der Waals surface area (Å²) in [6.45, 7) is 6.64. The van der Waals surface area contributed by atoms with Crippen LogP contribution in [0.2, 0.25) is 0 Å². The number of hydrogen-bond acceptors (Lipinski definition) is 1. The highest BCUT2D eigenvalue weighted by molar-refractivity contribution is 7.71. The summed E-state index contributed by atoms with van der Waals surface area (Å²) in [5, 5.41) is 1.14. The van der Waals surface area contributed by atoms with Crippen molar-refractivity contribution in [3.8, 4) is 0 Å². The lowest BCUT2D eigenvalue weighted by Gasteiger charge is -2.19. The van der Waals surface area contributed by atoms with Gasteiger partial charge in [-0.25, -0.2) is 0 Å². The van der Waals surface area contributed by atoms with E-state index in [1.54, 1.807) is 0 Å². The fraction of sp³-hybridized carbons (Fsp3) is 0.308. The van der Waals surface area contributed by atoms with Crippen molar-refractivity contribution in [1.82, 2.24) is 4.98 Å². The van der Waals surface area contributed by atoms with Gasteiger partial charge in [0.05, 0.1) is 0 Å². The van der Waals surface area contributed by atoms with Crippen LogP contribution in [0.25, 0.3) is 10.9 Å². The van der Waals surface area contributed by atoms with Gasteiger partial charge < -0.3 is 4.98 Å². The molecule has 0 radical (unpaired) electrons. The predicted octanol–water partition coefficient (Wildman–Crippen LogP) is 4.19. The monoisotopic (exact) mass is 217 g/mol. The first kappa shape index (κ1) is 10.4. The number of pyridine rings is 1. The average molecular weight is 217 g/mol. The van der Waals surface area contributed by atoms with Crippen LogP contribution in [0.4, 0.5) is 0 Å². The number of aromatic amines is 1. The predicted molar refractivity (Wildman–Crippen MR) is 67.8 cm³/mol. The normalized spacial score (nSPS) is 11.9. The van der Waals surface area contributed by atoms with E-state index in [-0.39, 0.29) is 5.41 Å². The Morgan fingerprint density at radius 3 is 2.53 bits per heavy atom. The molecule has 0 unspecified atom stereocenters. The number of hydrogen-bond donors (Lipinski definition) is 1. The first-order chi connectivity index (χ1) is 6.98. The Hall–Kier alpha value is -1.15. The molecular weight excluding hydrogens is 202 g/mol. The third kappa shape index (κ3) is 1.95. The van der Waals surface area contributed by atoms with E-state index in [0.29, 0.717) is 0 Å². The fourth-order valence-corrected chi connectivity index (χ4v) is 1.87. The molecule has 0 fully saturated rings. The van der Waals surface area contributed by atoms with Crippen molar-refractivity contribution in [3.63, 3.8) is 0 Å². The van der Waals surface area contributed by atoms with Gasteiger partial charge >= 0.3 is 0 Å². The van der Waals surface area contributed by atoms with Crippen LogP contribution in [0.3, 0.4) is 0 Å². The van der Waals surface area contributed by atoms with Crippen LogP contribution in [-0.2, 0) is 5.41 Å². The maximum atomic E-state index is 5.32. The van der Waals surface area contributed by atoms with E-state index in [9.17, 15) is 0 Å². The van der Waals surface area contributed by atoms with Gasteiger partial charge in [-0.3, -0.25) is 0 Å². The molecule has 0 aliphatic rings. The SMILES string of the molecule is CC(C)(C)c1ccc2[nH]ccc(=S)c2c1. The molecule has 0 atom stereocenters. The zero-order valence-electron chi connectivity index (χ0n) is 9.29. The molecule has 0 aliphatic heterocycles. The molecule has 0 saturated heterocycles. The van der Waals surface area contributed by atoms with Gasteiger partial charge in [0.1, 0.15) is 0 Å². The van der Waals surface area contributed by atoms with Crippen LogP contribution in [0.15, 0.2) is 30.5 Å².